The molecular formula is C26H31NO5. The molecule has 0 bridgehead atoms. The van der Waals surface area contributed by atoms with Crippen molar-refractivity contribution in [2.24, 2.45) is 0 Å². The monoisotopic (exact) mass is 437 g/mol. The van der Waals surface area contributed by atoms with Gasteiger partial charge < -0.3 is 14.9 Å². The predicted molar refractivity (Wildman–Crippen MR) is 124 cm³/mol. The quantitative estimate of drug-likeness (QED) is 0.394. The average molecular weight is 438 g/mol. The average Bonchev–Trinajstić information content (AvgIpc) is 2.75. The summed E-state index contributed by atoms with van der Waals surface area (Å²) in [5.74, 6) is -0.277. The van der Waals surface area contributed by atoms with Gasteiger partial charge in [-0.2, -0.15) is 0 Å². The lowest BCUT2D eigenvalue weighted by molar-refractivity contribution is -0.161. The molecule has 0 spiro atoms. The molecule has 1 unspecified atom stereocenters. The summed E-state index contributed by atoms with van der Waals surface area (Å²) >= 11 is 0. The van der Waals surface area contributed by atoms with Crippen LogP contribution in [0, 0.1) is 0 Å². The number of esters is 1. The number of benzene rings is 2. The Kier molecular flexibility index (Phi) is 7.92. The highest BCUT2D eigenvalue weighted by Crippen LogP contribution is 2.37. The first kappa shape index (κ1) is 23.4. The molecule has 3 rings (SSSR count). The summed E-state index contributed by atoms with van der Waals surface area (Å²) in [5.41, 5.74) is 2.36. The van der Waals surface area contributed by atoms with Crippen LogP contribution in [0.25, 0.3) is 0 Å². The van der Waals surface area contributed by atoms with Gasteiger partial charge in [-0.25, -0.2) is 9.59 Å². The molecule has 0 saturated carbocycles. The maximum absolute atomic E-state index is 12.8. The van der Waals surface area contributed by atoms with Gasteiger partial charge in [0.15, 0.2) is 0 Å². The normalized spacial score (nSPS) is 18.3. The second-order valence-electron chi connectivity index (χ2n) is 8.39. The third-order valence-electron chi connectivity index (χ3n) is 5.88. The van der Waals surface area contributed by atoms with Gasteiger partial charge in [0.1, 0.15) is 11.4 Å². The minimum atomic E-state index is -1.11. The largest absolute Gasteiger partial charge is 0.512 e. The number of hydrogen-bond donors (Lipinski definition) is 3. The van der Waals surface area contributed by atoms with E-state index in [1.54, 1.807) is 18.2 Å². The molecule has 1 heterocycles. The van der Waals surface area contributed by atoms with Gasteiger partial charge in [0, 0.05) is 12.1 Å². The Morgan fingerprint density at radius 3 is 2.47 bits per heavy atom. The van der Waals surface area contributed by atoms with E-state index in [1.165, 1.54) is 5.56 Å². The van der Waals surface area contributed by atoms with Crippen molar-refractivity contribution in [3.05, 3.63) is 77.1 Å². The maximum Gasteiger partial charge on any atom is 0.409 e. The van der Waals surface area contributed by atoms with Crippen molar-refractivity contribution in [2.75, 3.05) is 5.32 Å². The minimum absolute atomic E-state index is 0.143. The molecule has 1 amide bonds. The van der Waals surface area contributed by atoms with Crippen molar-refractivity contribution in [1.82, 2.24) is 0 Å². The molecule has 0 saturated heterocycles. The number of aliphatic hydroxyl groups is 1. The summed E-state index contributed by atoms with van der Waals surface area (Å²) in [5, 5.41) is 21.9. The summed E-state index contributed by atoms with van der Waals surface area (Å²) in [7, 11) is 0. The molecule has 170 valence electrons. The van der Waals surface area contributed by atoms with E-state index in [4.69, 9.17) is 9.84 Å². The Labute approximate surface area is 188 Å². The van der Waals surface area contributed by atoms with Gasteiger partial charge in [-0.3, -0.25) is 5.32 Å². The van der Waals surface area contributed by atoms with Crippen LogP contribution >= 0.6 is 0 Å². The number of carbonyl (C=O) groups excluding carboxylic acids is 1. The summed E-state index contributed by atoms with van der Waals surface area (Å²) in [6.45, 7) is 2.06. The lowest BCUT2D eigenvalue weighted by Crippen LogP contribution is -2.40. The number of carbonyl (C=O) groups is 2. The van der Waals surface area contributed by atoms with Crippen LogP contribution < -0.4 is 5.32 Å². The van der Waals surface area contributed by atoms with Gasteiger partial charge in [-0.15, -0.1) is 0 Å². The molecule has 32 heavy (non-hydrogen) atoms. The second-order valence-corrected chi connectivity index (χ2v) is 8.39. The maximum atomic E-state index is 12.8. The Bertz CT molecular complexity index is 969. The van der Waals surface area contributed by atoms with Gasteiger partial charge >= 0.3 is 12.1 Å². The summed E-state index contributed by atoms with van der Waals surface area (Å²) < 4.78 is 5.95. The molecule has 0 aliphatic carbocycles. The summed E-state index contributed by atoms with van der Waals surface area (Å²) in [4.78, 5) is 23.6. The first-order chi connectivity index (χ1) is 15.4. The number of anilines is 1. The third kappa shape index (κ3) is 6.36. The molecule has 1 atom stereocenters. The molecular weight excluding hydrogens is 406 g/mol. The van der Waals surface area contributed by atoms with Gasteiger partial charge in [-0.1, -0.05) is 55.8 Å². The first-order valence-electron chi connectivity index (χ1n) is 11.2. The number of ether oxygens (including phenoxy) is 1. The lowest BCUT2D eigenvalue weighted by Gasteiger charge is -2.37. The van der Waals surface area contributed by atoms with Gasteiger partial charge in [-0.05, 0) is 61.8 Å². The Hall–Kier alpha value is -3.28. The van der Waals surface area contributed by atoms with E-state index in [9.17, 15) is 14.7 Å². The zero-order valence-electron chi connectivity index (χ0n) is 18.5. The third-order valence-corrected chi connectivity index (χ3v) is 5.88. The number of hydrogen-bond acceptors (Lipinski definition) is 4. The van der Waals surface area contributed by atoms with Crippen molar-refractivity contribution in [2.45, 2.75) is 63.9 Å². The number of cyclic esters (lactones) is 1. The Balaban J connectivity index is 1.62. The van der Waals surface area contributed by atoms with Crippen LogP contribution in [0.5, 0.6) is 0 Å². The van der Waals surface area contributed by atoms with Crippen LogP contribution in [-0.2, 0) is 22.4 Å². The van der Waals surface area contributed by atoms with Crippen molar-refractivity contribution in [1.29, 1.82) is 0 Å². The lowest BCUT2D eigenvalue weighted by atomic mass is 9.83. The number of amides is 1. The van der Waals surface area contributed by atoms with Crippen molar-refractivity contribution < 1.29 is 24.5 Å². The fourth-order valence-corrected chi connectivity index (χ4v) is 4.34. The van der Waals surface area contributed by atoms with Gasteiger partial charge in [0.25, 0.3) is 0 Å². The van der Waals surface area contributed by atoms with E-state index >= 15 is 0 Å². The minimum Gasteiger partial charge on any atom is -0.512 e. The molecule has 3 N–H and O–H groups in total. The molecule has 6 nitrogen and oxygen atoms in total. The molecule has 1 aliphatic heterocycles. The van der Waals surface area contributed by atoms with Crippen LogP contribution in [0.1, 0.15) is 56.6 Å². The molecule has 0 aromatic heterocycles. The van der Waals surface area contributed by atoms with Gasteiger partial charge in [0.05, 0.1) is 5.57 Å². The van der Waals surface area contributed by atoms with Crippen molar-refractivity contribution in [3.63, 3.8) is 0 Å². The zero-order chi connectivity index (χ0) is 23.0. The van der Waals surface area contributed by atoms with E-state index in [0.29, 0.717) is 49.8 Å². The second kappa shape index (κ2) is 10.8. The SMILES string of the molecule is CCCC1(CCc2ccccc2)CC(O)=C(CCCc2cccc(NC(=O)O)c2)C(=O)O1. The Morgan fingerprint density at radius 2 is 1.78 bits per heavy atom. The summed E-state index contributed by atoms with van der Waals surface area (Å²) in [6.07, 6.45) is 4.02. The first-order valence-corrected chi connectivity index (χ1v) is 11.2. The summed E-state index contributed by atoms with van der Waals surface area (Å²) in [6, 6.07) is 17.3. The van der Waals surface area contributed by atoms with Crippen LogP contribution in [0.2, 0.25) is 0 Å². The van der Waals surface area contributed by atoms with Crippen LogP contribution in [0.15, 0.2) is 65.9 Å². The highest BCUT2D eigenvalue weighted by atomic mass is 16.6. The highest BCUT2D eigenvalue weighted by Gasteiger charge is 2.40. The highest BCUT2D eigenvalue weighted by molar-refractivity contribution is 5.90. The number of carboxylic acid groups (broad SMARTS) is 1. The number of aliphatic hydroxyl groups excluding tert-OH is 1. The molecule has 0 radical (unpaired) electrons. The zero-order valence-corrected chi connectivity index (χ0v) is 18.5. The van der Waals surface area contributed by atoms with Gasteiger partial charge in [0.2, 0.25) is 0 Å². The standard InChI is InChI=1S/C26H31NO5/c1-2-15-26(16-14-19-8-4-3-5-9-19)18-23(28)22(24(29)32-26)13-7-11-20-10-6-12-21(17-20)27-25(30)31/h3-6,8-10,12,17,27-28H,2,7,11,13-16,18H2,1H3,(H,30,31). The van der Waals surface area contributed by atoms with E-state index in [-0.39, 0.29) is 5.76 Å². The van der Waals surface area contributed by atoms with E-state index in [1.807, 2.05) is 24.3 Å². The molecule has 1 aliphatic rings. The molecule has 2 aromatic carbocycles. The smallest absolute Gasteiger partial charge is 0.409 e. The topological polar surface area (TPSA) is 95.9 Å². The van der Waals surface area contributed by atoms with Crippen LogP contribution in [0.3, 0.4) is 0 Å². The van der Waals surface area contributed by atoms with E-state index in [2.05, 4.69) is 24.4 Å². The molecule has 2 aromatic rings. The predicted octanol–water partition coefficient (Wildman–Crippen LogP) is 6.03. The number of nitrogens with one attached hydrogen (secondary N) is 1. The van der Waals surface area contributed by atoms with Crippen molar-refractivity contribution in [3.8, 4) is 0 Å². The molecule has 6 heteroatoms. The fraction of sp³-hybridized carbons (Fsp3) is 0.385. The Morgan fingerprint density at radius 1 is 1.03 bits per heavy atom. The van der Waals surface area contributed by atoms with Crippen LogP contribution in [-0.4, -0.2) is 27.9 Å². The van der Waals surface area contributed by atoms with Crippen molar-refractivity contribution >= 4 is 17.7 Å². The van der Waals surface area contributed by atoms with Crippen LogP contribution in [0.4, 0.5) is 10.5 Å². The number of rotatable bonds is 10. The number of aryl methyl sites for hydroxylation is 2. The van der Waals surface area contributed by atoms with E-state index < -0.39 is 17.7 Å². The fourth-order valence-electron chi connectivity index (χ4n) is 4.34. The van der Waals surface area contributed by atoms with E-state index in [0.717, 1.165) is 18.4 Å². The molecule has 0 fully saturated rings.